The van der Waals surface area contributed by atoms with E-state index in [0.717, 1.165) is 39.1 Å². The van der Waals surface area contributed by atoms with Crippen LogP contribution in [0, 0.1) is 0 Å². The van der Waals surface area contributed by atoms with Gasteiger partial charge in [0.2, 0.25) is 0 Å². The van der Waals surface area contributed by atoms with Crippen molar-refractivity contribution >= 4 is 10.9 Å². The van der Waals surface area contributed by atoms with Gasteiger partial charge in [-0.2, -0.15) is 5.10 Å². The molecule has 114 valence electrons. The molecule has 0 aliphatic carbocycles. The normalized spacial score (nSPS) is 23.8. The summed E-state index contributed by atoms with van der Waals surface area (Å²) in [7, 11) is 0. The van der Waals surface area contributed by atoms with Crippen molar-refractivity contribution in [3.63, 3.8) is 0 Å². The lowest BCUT2D eigenvalue weighted by Crippen LogP contribution is -2.58. The van der Waals surface area contributed by atoms with E-state index in [4.69, 9.17) is 5.10 Å². The maximum Gasteiger partial charge on any atom is 0.0843 e. The van der Waals surface area contributed by atoms with Crippen molar-refractivity contribution in [2.24, 2.45) is 0 Å². The van der Waals surface area contributed by atoms with Crippen LogP contribution in [0.4, 0.5) is 0 Å². The molecule has 2 heterocycles. The van der Waals surface area contributed by atoms with Crippen LogP contribution in [-0.4, -0.2) is 39.9 Å². The van der Waals surface area contributed by atoms with Gasteiger partial charge in [0.15, 0.2) is 0 Å². The van der Waals surface area contributed by atoms with E-state index in [2.05, 4.69) is 59.9 Å². The monoisotopic (exact) mass is 286 g/mol. The van der Waals surface area contributed by atoms with E-state index < -0.39 is 0 Å². The molecule has 0 radical (unpaired) electrons. The van der Waals surface area contributed by atoms with Gasteiger partial charge in [-0.1, -0.05) is 25.1 Å². The van der Waals surface area contributed by atoms with Crippen molar-refractivity contribution in [3.8, 4) is 0 Å². The van der Waals surface area contributed by atoms with Crippen LogP contribution >= 0.6 is 0 Å². The Kier molecular flexibility index (Phi) is 4.00. The average Bonchev–Trinajstić information content (AvgIpc) is 2.88. The predicted octanol–water partition coefficient (Wildman–Crippen LogP) is 2.63. The molecule has 1 aromatic heterocycles. The quantitative estimate of drug-likeness (QED) is 0.938. The zero-order valence-electron chi connectivity index (χ0n) is 13.4. The highest BCUT2D eigenvalue weighted by Crippen LogP contribution is 2.26. The second-order valence-electron chi connectivity index (χ2n) is 6.23. The van der Waals surface area contributed by atoms with Crippen molar-refractivity contribution < 1.29 is 0 Å². The molecule has 1 aromatic carbocycles. The van der Waals surface area contributed by atoms with Crippen LogP contribution in [-0.2, 0) is 13.1 Å². The zero-order chi connectivity index (χ0) is 14.9. The molecule has 1 aliphatic heterocycles. The van der Waals surface area contributed by atoms with E-state index in [1.807, 2.05) is 0 Å². The number of hydrogen-bond donors (Lipinski definition) is 1. The van der Waals surface area contributed by atoms with Crippen LogP contribution in [0.5, 0.6) is 0 Å². The van der Waals surface area contributed by atoms with Crippen LogP contribution in [0.25, 0.3) is 10.9 Å². The first kappa shape index (κ1) is 14.5. The number of nitrogens with zero attached hydrogens (tertiary/aromatic N) is 3. The fraction of sp³-hybridized carbons (Fsp3) is 0.588. The molecule has 1 saturated heterocycles. The van der Waals surface area contributed by atoms with E-state index in [1.54, 1.807) is 0 Å². The number of hydrogen-bond acceptors (Lipinski definition) is 3. The molecule has 4 nitrogen and oxygen atoms in total. The molecule has 3 rings (SSSR count). The third kappa shape index (κ3) is 2.58. The summed E-state index contributed by atoms with van der Waals surface area (Å²) < 4.78 is 2.12. The first-order valence-corrected chi connectivity index (χ1v) is 8.08. The summed E-state index contributed by atoms with van der Waals surface area (Å²) in [4.78, 5) is 2.60. The number of rotatable bonds is 4. The summed E-state index contributed by atoms with van der Waals surface area (Å²) in [5.74, 6) is 0. The molecule has 1 atom stereocenters. The van der Waals surface area contributed by atoms with Crippen LogP contribution in [0.15, 0.2) is 24.3 Å². The van der Waals surface area contributed by atoms with Gasteiger partial charge in [-0.3, -0.25) is 9.58 Å². The Morgan fingerprint density at radius 3 is 2.86 bits per heavy atom. The third-order valence-corrected chi connectivity index (χ3v) is 4.96. The number of fused-ring (bicyclic) bond motifs is 1. The Hall–Kier alpha value is -1.39. The summed E-state index contributed by atoms with van der Waals surface area (Å²) in [5.41, 5.74) is 2.70. The van der Waals surface area contributed by atoms with Crippen molar-refractivity contribution in [1.29, 1.82) is 0 Å². The van der Waals surface area contributed by atoms with Crippen molar-refractivity contribution in [1.82, 2.24) is 20.0 Å². The number of para-hydroxylation sites is 1. The fourth-order valence-electron chi connectivity index (χ4n) is 3.31. The summed E-state index contributed by atoms with van der Waals surface area (Å²) in [6.45, 7) is 11.9. The van der Waals surface area contributed by atoms with E-state index in [-0.39, 0.29) is 5.54 Å². The Morgan fingerprint density at radius 2 is 2.10 bits per heavy atom. The fourth-order valence-corrected chi connectivity index (χ4v) is 3.31. The number of aryl methyl sites for hydroxylation is 1. The Balaban J connectivity index is 1.94. The lowest BCUT2D eigenvalue weighted by Gasteiger charge is -2.44. The van der Waals surface area contributed by atoms with Crippen LogP contribution in [0.3, 0.4) is 0 Å². The highest BCUT2D eigenvalue weighted by Gasteiger charge is 2.33. The molecule has 0 bridgehead atoms. The molecule has 0 spiro atoms. The molecule has 0 amide bonds. The molecule has 2 aromatic rings. The number of aromatic nitrogens is 2. The first-order valence-electron chi connectivity index (χ1n) is 8.08. The number of piperazine rings is 1. The van der Waals surface area contributed by atoms with Gasteiger partial charge in [-0.25, -0.2) is 0 Å². The highest BCUT2D eigenvalue weighted by atomic mass is 15.3. The SMILES string of the molecule is CCn1nc(CN2CCNCC2(C)CC)c2ccccc21. The second-order valence-corrected chi connectivity index (χ2v) is 6.23. The van der Waals surface area contributed by atoms with Gasteiger partial charge in [0.05, 0.1) is 11.2 Å². The molecule has 1 aliphatic rings. The minimum atomic E-state index is 0.231. The summed E-state index contributed by atoms with van der Waals surface area (Å²) in [5, 5.41) is 9.69. The van der Waals surface area contributed by atoms with Crippen LogP contribution in [0.2, 0.25) is 0 Å². The summed E-state index contributed by atoms with van der Waals surface area (Å²) in [6, 6.07) is 8.59. The minimum absolute atomic E-state index is 0.231. The minimum Gasteiger partial charge on any atom is -0.314 e. The van der Waals surface area contributed by atoms with Crippen molar-refractivity contribution in [2.75, 3.05) is 19.6 Å². The predicted molar refractivity (Wildman–Crippen MR) is 87.4 cm³/mol. The Bertz CT molecular complexity index is 618. The smallest absolute Gasteiger partial charge is 0.0843 e. The lowest BCUT2D eigenvalue weighted by atomic mass is 9.93. The molecule has 1 unspecified atom stereocenters. The van der Waals surface area contributed by atoms with E-state index >= 15 is 0 Å². The van der Waals surface area contributed by atoms with Gasteiger partial charge < -0.3 is 5.32 Å². The Morgan fingerprint density at radius 1 is 1.29 bits per heavy atom. The Labute approximate surface area is 127 Å². The highest BCUT2D eigenvalue weighted by molar-refractivity contribution is 5.81. The van der Waals surface area contributed by atoms with Gasteiger partial charge in [0.25, 0.3) is 0 Å². The lowest BCUT2D eigenvalue weighted by molar-refractivity contribution is 0.0627. The van der Waals surface area contributed by atoms with Crippen LogP contribution in [0.1, 0.15) is 32.9 Å². The molecule has 0 saturated carbocycles. The van der Waals surface area contributed by atoms with Gasteiger partial charge in [-0.05, 0) is 26.3 Å². The van der Waals surface area contributed by atoms with Crippen molar-refractivity contribution in [2.45, 2.75) is 45.8 Å². The standard InChI is InChI=1S/C17H26N4/c1-4-17(3)13-18-10-11-20(17)12-15-14-8-6-7-9-16(14)21(5-2)19-15/h6-9,18H,4-5,10-13H2,1-3H3. The topological polar surface area (TPSA) is 33.1 Å². The molecular weight excluding hydrogens is 260 g/mol. The van der Waals surface area contributed by atoms with Gasteiger partial charge in [0.1, 0.15) is 0 Å². The number of benzene rings is 1. The van der Waals surface area contributed by atoms with Crippen LogP contribution < -0.4 is 5.32 Å². The molecule has 21 heavy (non-hydrogen) atoms. The van der Waals surface area contributed by atoms with Crippen molar-refractivity contribution in [3.05, 3.63) is 30.0 Å². The summed E-state index contributed by atoms with van der Waals surface area (Å²) >= 11 is 0. The third-order valence-electron chi connectivity index (χ3n) is 4.96. The van der Waals surface area contributed by atoms with E-state index in [1.165, 1.54) is 16.6 Å². The average molecular weight is 286 g/mol. The maximum absolute atomic E-state index is 4.86. The summed E-state index contributed by atoms with van der Waals surface area (Å²) in [6.07, 6.45) is 1.16. The van der Waals surface area contributed by atoms with E-state index in [0.29, 0.717) is 0 Å². The molecular formula is C17H26N4. The molecule has 1 N–H and O–H groups in total. The molecule has 4 heteroatoms. The molecule has 1 fully saturated rings. The maximum atomic E-state index is 4.86. The first-order chi connectivity index (χ1) is 10.2. The number of nitrogens with one attached hydrogen (secondary N) is 1. The van der Waals surface area contributed by atoms with Gasteiger partial charge >= 0.3 is 0 Å². The van der Waals surface area contributed by atoms with E-state index in [9.17, 15) is 0 Å². The second kappa shape index (κ2) is 5.78. The van der Waals surface area contributed by atoms with Gasteiger partial charge in [-0.15, -0.1) is 0 Å². The van der Waals surface area contributed by atoms with Gasteiger partial charge in [0, 0.05) is 43.6 Å². The zero-order valence-corrected chi connectivity index (χ0v) is 13.4. The largest absolute Gasteiger partial charge is 0.314 e.